The molecule has 2 aromatic carbocycles. The molecule has 6 nitrogen and oxygen atoms in total. The molecule has 0 spiro atoms. The van der Waals surface area contributed by atoms with E-state index >= 15 is 0 Å². The lowest BCUT2D eigenvalue weighted by molar-refractivity contribution is -0.232. The van der Waals surface area contributed by atoms with Gasteiger partial charge in [-0.3, -0.25) is 0 Å². The molecule has 0 saturated carbocycles. The number of rotatable bonds is 8. The highest BCUT2D eigenvalue weighted by atomic mass is 16.7. The number of carbonyl (C=O) groups is 1. The highest BCUT2D eigenvalue weighted by molar-refractivity contribution is 5.70. The quantitative estimate of drug-likeness (QED) is 0.664. The minimum absolute atomic E-state index is 0.0391. The van der Waals surface area contributed by atoms with Crippen molar-refractivity contribution < 1.29 is 28.5 Å². The third-order valence-electron chi connectivity index (χ3n) is 4.11. The van der Waals surface area contributed by atoms with Gasteiger partial charge in [0.1, 0.15) is 19.3 Å². The summed E-state index contributed by atoms with van der Waals surface area (Å²) in [6, 6.07) is 17.6. The Bertz CT molecular complexity index is 692. The van der Waals surface area contributed by atoms with Gasteiger partial charge in [0.15, 0.2) is 6.29 Å². The average molecular weight is 372 g/mol. The second-order valence-electron chi connectivity index (χ2n) is 6.25. The van der Waals surface area contributed by atoms with E-state index in [0.717, 1.165) is 16.7 Å². The second kappa shape index (κ2) is 10.2. The van der Waals surface area contributed by atoms with Crippen molar-refractivity contribution in [1.29, 1.82) is 0 Å². The van der Waals surface area contributed by atoms with Crippen LogP contribution < -0.4 is 0 Å². The van der Waals surface area contributed by atoms with Crippen LogP contribution in [0.2, 0.25) is 0 Å². The predicted octanol–water partition coefficient (Wildman–Crippen LogP) is 3.01. The van der Waals surface area contributed by atoms with Gasteiger partial charge in [-0.25, -0.2) is 4.79 Å². The largest absolute Gasteiger partial charge is 0.459 e. The molecule has 1 fully saturated rings. The van der Waals surface area contributed by atoms with E-state index in [1.165, 1.54) is 7.11 Å². The van der Waals surface area contributed by atoms with Crippen LogP contribution in [-0.2, 0) is 41.7 Å². The van der Waals surface area contributed by atoms with Crippen molar-refractivity contribution in [3.63, 3.8) is 0 Å². The van der Waals surface area contributed by atoms with Gasteiger partial charge in [0.2, 0.25) is 0 Å². The van der Waals surface area contributed by atoms with Crippen LogP contribution in [0.5, 0.6) is 0 Å². The van der Waals surface area contributed by atoms with Crippen LogP contribution in [0.15, 0.2) is 54.6 Å². The predicted molar refractivity (Wildman–Crippen MR) is 97.8 cm³/mol. The lowest BCUT2D eigenvalue weighted by atomic mass is 10.1. The Morgan fingerprint density at radius 1 is 0.963 bits per heavy atom. The first-order chi connectivity index (χ1) is 13.2. The molecule has 3 rings (SSSR count). The molecule has 1 heterocycles. The van der Waals surface area contributed by atoms with Crippen molar-refractivity contribution in [3.05, 3.63) is 71.3 Å². The molecule has 0 radical (unpaired) electrons. The highest BCUT2D eigenvalue weighted by Gasteiger charge is 2.23. The molecule has 0 atom stereocenters. The van der Waals surface area contributed by atoms with Crippen molar-refractivity contribution in [2.75, 3.05) is 26.9 Å². The van der Waals surface area contributed by atoms with Crippen molar-refractivity contribution in [2.45, 2.75) is 25.6 Å². The molecular formula is C21H24O6. The number of esters is 1. The van der Waals surface area contributed by atoms with E-state index in [2.05, 4.69) is 0 Å². The zero-order chi connectivity index (χ0) is 18.9. The molecule has 0 aliphatic carbocycles. The van der Waals surface area contributed by atoms with Crippen LogP contribution in [-0.4, -0.2) is 39.0 Å². The lowest BCUT2D eigenvalue weighted by Gasteiger charge is -2.29. The number of benzene rings is 2. The Kier molecular flexibility index (Phi) is 7.36. The van der Waals surface area contributed by atoms with Crippen LogP contribution in [0.1, 0.15) is 23.0 Å². The topological polar surface area (TPSA) is 63.2 Å². The third kappa shape index (κ3) is 6.15. The molecular weight excluding hydrogens is 348 g/mol. The molecule has 1 aliphatic rings. The maximum Gasteiger partial charge on any atom is 0.332 e. The maximum absolute atomic E-state index is 11.3. The Labute approximate surface area is 158 Å². The molecule has 1 saturated heterocycles. The molecule has 27 heavy (non-hydrogen) atoms. The minimum Gasteiger partial charge on any atom is -0.459 e. The van der Waals surface area contributed by atoms with Gasteiger partial charge >= 0.3 is 5.97 Å². The minimum atomic E-state index is -0.379. The van der Waals surface area contributed by atoms with Gasteiger partial charge in [-0.15, -0.1) is 0 Å². The van der Waals surface area contributed by atoms with Gasteiger partial charge in [0.25, 0.3) is 0 Å². The van der Waals surface area contributed by atoms with Crippen LogP contribution in [0.25, 0.3) is 0 Å². The molecule has 0 N–H and O–H groups in total. The van der Waals surface area contributed by atoms with Gasteiger partial charge in [-0.2, -0.15) is 0 Å². The molecule has 1 aliphatic heterocycles. The Morgan fingerprint density at radius 2 is 1.59 bits per heavy atom. The first-order valence-corrected chi connectivity index (χ1v) is 8.86. The van der Waals surface area contributed by atoms with Crippen molar-refractivity contribution in [3.8, 4) is 0 Å². The van der Waals surface area contributed by atoms with Crippen LogP contribution in [0.3, 0.4) is 0 Å². The Morgan fingerprint density at radius 3 is 2.22 bits per heavy atom. The first-order valence-electron chi connectivity index (χ1n) is 8.86. The summed E-state index contributed by atoms with van der Waals surface area (Å²) in [4.78, 5) is 11.3. The fraction of sp³-hybridized carbons (Fsp3) is 0.381. The van der Waals surface area contributed by atoms with E-state index in [-0.39, 0.29) is 31.6 Å². The zero-order valence-corrected chi connectivity index (χ0v) is 15.3. The van der Waals surface area contributed by atoms with Crippen molar-refractivity contribution in [1.82, 2.24) is 0 Å². The summed E-state index contributed by atoms with van der Waals surface area (Å²) >= 11 is 0. The monoisotopic (exact) mass is 372 g/mol. The van der Waals surface area contributed by atoms with Crippen LogP contribution >= 0.6 is 0 Å². The molecule has 0 amide bonds. The fourth-order valence-corrected chi connectivity index (χ4v) is 2.65. The molecule has 0 bridgehead atoms. The number of methoxy groups -OCH3 is 1. The SMILES string of the molecule is COCC(=O)OCc1ccc(COC2COC(c3ccccc3)OC2)cc1. The zero-order valence-electron chi connectivity index (χ0n) is 15.3. The lowest BCUT2D eigenvalue weighted by Crippen LogP contribution is -2.33. The number of hydrogen-bond donors (Lipinski definition) is 0. The summed E-state index contributed by atoms with van der Waals surface area (Å²) in [5.74, 6) is -0.379. The smallest absolute Gasteiger partial charge is 0.332 e. The molecule has 0 aromatic heterocycles. The second-order valence-corrected chi connectivity index (χ2v) is 6.25. The van der Waals surface area contributed by atoms with Gasteiger partial charge in [-0.05, 0) is 11.1 Å². The van der Waals surface area contributed by atoms with E-state index < -0.39 is 0 Å². The van der Waals surface area contributed by atoms with Crippen molar-refractivity contribution >= 4 is 5.97 Å². The summed E-state index contributed by atoms with van der Waals surface area (Å²) in [7, 11) is 1.46. The number of carbonyl (C=O) groups excluding carboxylic acids is 1. The molecule has 2 aromatic rings. The third-order valence-corrected chi connectivity index (χ3v) is 4.11. The highest BCUT2D eigenvalue weighted by Crippen LogP contribution is 2.23. The van der Waals surface area contributed by atoms with E-state index in [0.29, 0.717) is 19.8 Å². The van der Waals surface area contributed by atoms with Crippen molar-refractivity contribution in [2.24, 2.45) is 0 Å². The van der Waals surface area contributed by atoms with E-state index in [4.69, 9.17) is 23.7 Å². The average Bonchev–Trinajstić information content (AvgIpc) is 2.73. The van der Waals surface area contributed by atoms with Crippen LogP contribution in [0, 0.1) is 0 Å². The molecule has 6 heteroatoms. The van der Waals surface area contributed by atoms with Gasteiger partial charge in [0, 0.05) is 12.7 Å². The number of ether oxygens (including phenoxy) is 5. The summed E-state index contributed by atoms with van der Waals surface area (Å²) in [5.41, 5.74) is 2.96. The molecule has 0 unspecified atom stereocenters. The summed E-state index contributed by atoms with van der Waals surface area (Å²) < 4.78 is 27.2. The number of hydrogen-bond acceptors (Lipinski definition) is 6. The van der Waals surface area contributed by atoms with E-state index in [1.54, 1.807) is 0 Å². The Hall–Kier alpha value is -2.25. The van der Waals surface area contributed by atoms with Gasteiger partial charge < -0.3 is 23.7 Å². The normalized spacial score (nSPS) is 19.6. The van der Waals surface area contributed by atoms with Gasteiger partial charge in [0.05, 0.1) is 19.8 Å². The maximum atomic E-state index is 11.3. The van der Waals surface area contributed by atoms with Gasteiger partial charge in [-0.1, -0.05) is 54.6 Å². The standard InChI is InChI=1S/C21H24O6/c1-23-15-20(22)25-12-17-9-7-16(8-10-17)11-24-19-13-26-21(27-14-19)18-5-3-2-4-6-18/h2-10,19,21H,11-15H2,1H3. The summed E-state index contributed by atoms with van der Waals surface area (Å²) in [5, 5.41) is 0. The summed E-state index contributed by atoms with van der Waals surface area (Å²) in [6.45, 7) is 1.65. The Balaban J connectivity index is 1.38. The summed E-state index contributed by atoms with van der Waals surface area (Å²) in [6.07, 6.45) is -0.425. The fourth-order valence-electron chi connectivity index (χ4n) is 2.65. The van der Waals surface area contributed by atoms with E-state index in [9.17, 15) is 4.79 Å². The van der Waals surface area contributed by atoms with Crippen LogP contribution in [0.4, 0.5) is 0 Å². The first kappa shape index (κ1) is 19.5. The van der Waals surface area contributed by atoms with E-state index in [1.807, 2.05) is 54.6 Å². The molecule has 144 valence electrons.